The standard InChI is InChI=1S/C24H29N9O/c1-30-22-21-19(29-30)7-10-33(16-17-3-5-18(34-2)6-4-17)23(21)28-24(27-22)32-13-11-31(12-14-32)20-15-25-8-9-26-20/h3-6,8-9,15,19,29H,7,10-14,16H2,1-2H3. The lowest BCUT2D eigenvalue weighted by atomic mass is 10.0. The van der Waals surface area contributed by atoms with Crippen molar-refractivity contribution in [3.05, 3.63) is 54.0 Å². The smallest absolute Gasteiger partial charge is 0.229 e. The maximum atomic E-state index is 5.32. The third-order valence-electron chi connectivity index (χ3n) is 6.87. The Labute approximate surface area is 199 Å². The van der Waals surface area contributed by atoms with Gasteiger partial charge in [-0.15, -0.1) is 0 Å². The molecule has 0 bridgehead atoms. The lowest BCUT2D eigenvalue weighted by molar-refractivity contribution is 0.414. The van der Waals surface area contributed by atoms with Gasteiger partial charge in [0.15, 0.2) is 5.82 Å². The third kappa shape index (κ3) is 3.73. The highest BCUT2D eigenvalue weighted by Crippen LogP contribution is 2.43. The maximum Gasteiger partial charge on any atom is 0.229 e. The lowest BCUT2D eigenvalue weighted by Crippen LogP contribution is -2.47. The fourth-order valence-electron chi connectivity index (χ4n) is 5.04. The fraction of sp³-hybridized carbons (Fsp3) is 0.417. The van der Waals surface area contributed by atoms with E-state index in [1.165, 1.54) is 11.1 Å². The molecule has 1 N–H and O–H groups in total. The number of methoxy groups -OCH3 is 1. The van der Waals surface area contributed by atoms with E-state index in [0.29, 0.717) is 0 Å². The van der Waals surface area contributed by atoms with E-state index in [4.69, 9.17) is 14.7 Å². The molecular weight excluding hydrogens is 430 g/mol. The van der Waals surface area contributed by atoms with Gasteiger partial charge in [-0.3, -0.25) is 9.99 Å². The van der Waals surface area contributed by atoms with Crippen molar-refractivity contribution in [2.45, 2.75) is 19.0 Å². The molecule has 0 radical (unpaired) electrons. The molecule has 0 aliphatic carbocycles. The minimum atomic E-state index is 0.268. The first-order chi connectivity index (χ1) is 16.7. The maximum absolute atomic E-state index is 5.32. The van der Waals surface area contributed by atoms with E-state index in [0.717, 1.165) is 74.8 Å². The average Bonchev–Trinajstić information content (AvgIpc) is 3.22. The van der Waals surface area contributed by atoms with Crippen LogP contribution in [0.2, 0.25) is 0 Å². The van der Waals surface area contributed by atoms with Crippen LogP contribution in [0.25, 0.3) is 0 Å². The topological polar surface area (TPSA) is 85.8 Å². The van der Waals surface area contributed by atoms with Crippen molar-refractivity contribution in [3.63, 3.8) is 0 Å². The first-order valence-electron chi connectivity index (χ1n) is 11.8. The van der Waals surface area contributed by atoms with Gasteiger partial charge in [-0.2, -0.15) is 9.97 Å². The Morgan fingerprint density at radius 3 is 2.47 bits per heavy atom. The first kappa shape index (κ1) is 20.9. The van der Waals surface area contributed by atoms with Crippen LogP contribution in [-0.2, 0) is 6.54 Å². The summed E-state index contributed by atoms with van der Waals surface area (Å²) < 4.78 is 5.32. The molecule has 1 unspecified atom stereocenters. The molecule has 2 aromatic heterocycles. The van der Waals surface area contributed by atoms with Crippen LogP contribution in [0.15, 0.2) is 42.9 Å². The summed E-state index contributed by atoms with van der Waals surface area (Å²) in [6, 6.07) is 8.56. The quantitative estimate of drug-likeness (QED) is 0.611. The summed E-state index contributed by atoms with van der Waals surface area (Å²) in [7, 11) is 3.74. The Bertz CT molecular complexity index is 1150. The molecule has 5 heterocycles. The number of benzene rings is 1. The van der Waals surface area contributed by atoms with Crippen molar-refractivity contribution in [1.82, 2.24) is 25.4 Å². The minimum absolute atomic E-state index is 0.268. The molecule has 3 aliphatic rings. The molecule has 3 aromatic rings. The van der Waals surface area contributed by atoms with Gasteiger partial charge in [-0.05, 0) is 24.1 Å². The van der Waals surface area contributed by atoms with Crippen molar-refractivity contribution < 1.29 is 4.74 Å². The number of nitrogens with zero attached hydrogens (tertiary/aromatic N) is 8. The van der Waals surface area contributed by atoms with Crippen LogP contribution in [0.5, 0.6) is 5.75 Å². The van der Waals surface area contributed by atoms with Crippen LogP contribution in [0.1, 0.15) is 23.6 Å². The summed E-state index contributed by atoms with van der Waals surface area (Å²) in [5.41, 5.74) is 6.02. The Morgan fingerprint density at radius 2 is 1.74 bits per heavy atom. The zero-order valence-electron chi connectivity index (χ0n) is 19.6. The number of hydrogen-bond acceptors (Lipinski definition) is 10. The molecule has 0 amide bonds. The molecule has 10 heteroatoms. The molecule has 176 valence electrons. The number of hydrazine groups is 1. The molecule has 6 rings (SSSR count). The summed E-state index contributed by atoms with van der Waals surface area (Å²) >= 11 is 0. The Kier molecular flexibility index (Phi) is 5.29. The van der Waals surface area contributed by atoms with E-state index < -0.39 is 0 Å². The second kappa shape index (κ2) is 8.60. The van der Waals surface area contributed by atoms with Gasteiger partial charge >= 0.3 is 0 Å². The van der Waals surface area contributed by atoms with Gasteiger partial charge in [0.05, 0.1) is 24.9 Å². The second-order valence-corrected chi connectivity index (χ2v) is 8.92. The highest BCUT2D eigenvalue weighted by molar-refractivity contribution is 5.68. The number of aromatic nitrogens is 4. The van der Waals surface area contributed by atoms with Crippen molar-refractivity contribution >= 4 is 23.4 Å². The zero-order valence-corrected chi connectivity index (χ0v) is 19.6. The van der Waals surface area contributed by atoms with Gasteiger partial charge in [0.1, 0.15) is 17.4 Å². The van der Waals surface area contributed by atoms with E-state index in [1.807, 2.05) is 25.4 Å². The summed E-state index contributed by atoms with van der Waals surface area (Å²) in [6.45, 7) is 5.16. The second-order valence-electron chi connectivity index (χ2n) is 8.92. The number of rotatable bonds is 5. The summed E-state index contributed by atoms with van der Waals surface area (Å²) in [5, 5.41) is 2.06. The van der Waals surface area contributed by atoms with Crippen LogP contribution in [0, 0.1) is 0 Å². The zero-order chi connectivity index (χ0) is 23.1. The fourth-order valence-corrected chi connectivity index (χ4v) is 5.04. The van der Waals surface area contributed by atoms with Crippen molar-refractivity contribution in [2.75, 3.05) is 66.6 Å². The molecule has 1 fully saturated rings. The third-order valence-corrected chi connectivity index (χ3v) is 6.87. The van der Waals surface area contributed by atoms with E-state index in [9.17, 15) is 0 Å². The van der Waals surface area contributed by atoms with Crippen molar-refractivity contribution in [1.29, 1.82) is 0 Å². The molecule has 10 nitrogen and oxygen atoms in total. The van der Waals surface area contributed by atoms with Crippen LogP contribution < -0.4 is 29.9 Å². The van der Waals surface area contributed by atoms with E-state index >= 15 is 0 Å². The van der Waals surface area contributed by atoms with E-state index in [-0.39, 0.29) is 6.04 Å². The normalized spacial score (nSPS) is 19.4. The van der Waals surface area contributed by atoms with E-state index in [2.05, 4.69) is 47.2 Å². The molecule has 34 heavy (non-hydrogen) atoms. The molecular formula is C24H29N9O. The highest BCUT2D eigenvalue weighted by Gasteiger charge is 2.38. The Balaban J connectivity index is 1.27. The molecule has 0 saturated carbocycles. The van der Waals surface area contributed by atoms with Gasteiger partial charge in [0.25, 0.3) is 0 Å². The molecule has 0 spiro atoms. The van der Waals surface area contributed by atoms with Gasteiger partial charge in [0, 0.05) is 58.7 Å². The average molecular weight is 460 g/mol. The number of hydrogen-bond donors (Lipinski definition) is 1. The van der Waals surface area contributed by atoms with Gasteiger partial charge in [0.2, 0.25) is 5.95 Å². The largest absolute Gasteiger partial charge is 0.497 e. The number of piperazine rings is 1. The first-order valence-corrected chi connectivity index (χ1v) is 11.8. The van der Waals surface area contributed by atoms with Crippen molar-refractivity contribution in [2.24, 2.45) is 0 Å². The minimum Gasteiger partial charge on any atom is -0.497 e. The summed E-state index contributed by atoms with van der Waals surface area (Å²) in [5.74, 6) is 4.62. The molecule has 1 saturated heterocycles. The van der Waals surface area contributed by atoms with Crippen LogP contribution in [-0.4, -0.2) is 66.8 Å². The van der Waals surface area contributed by atoms with E-state index in [1.54, 1.807) is 19.5 Å². The number of anilines is 4. The number of ether oxygens (including phenoxy) is 1. The Morgan fingerprint density at radius 1 is 0.971 bits per heavy atom. The van der Waals surface area contributed by atoms with Gasteiger partial charge < -0.3 is 19.4 Å². The molecule has 1 aromatic carbocycles. The van der Waals surface area contributed by atoms with Crippen LogP contribution in [0.4, 0.5) is 23.4 Å². The van der Waals surface area contributed by atoms with Crippen molar-refractivity contribution in [3.8, 4) is 5.75 Å². The van der Waals surface area contributed by atoms with Crippen LogP contribution >= 0.6 is 0 Å². The SMILES string of the molecule is COc1ccc(CN2CCC3NN(C)c4nc(N5CCN(c6cnccn6)CC5)nc2c43)cc1. The highest BCUT2D eigenvalue weighted by atomic mass is 16.5. The van der Waals surface area contributed by atoms with Crippen LogP contribution in [0.3, 0.4) is 0 Å². The molecule has 1 atom stereocenters. The predicted molar refractivity (Wildman–Crippen MR) is 131 cm³/mol. The monoisotopic (exact) mass is 459 g/mol. The summed E-state index contributed by atoms with van der Waals surface area (Å²) in [6.07, 6.45) is 6.30. The lowest BCUT2D eigenvalue weighted by Gasteiger charge is -2.37. The van der Waals surface area contributed by atoms with Gasteiger partial charge in [-0.25, -0.2) is 10.4 Å². The summed E-state index contributed by atoms with van der Waals surface area (Å²) in [4.78, 5) is 25.7. The predicted octanol–water partition coefficient (Wildman–Crippen LogP) is 2.01. The molecule has 3 aliphatic heterocycles. The Hall–Kier alpha value is -3.66. The van der Waals surface area contributed by atoms with Gasteiger partial charge in [-0.1, -0.05) is 12.1 Å². The number of nitrogens with one attached hydrogen (secondary N) is 1.